The van der Waals surface area contributed by atoms with Gasteiger partial charge in [0.05, 0.1) is 5.02 Å². The van der Waals surface area contributed by atoms with Crippen molar-refractivity contribution in [1.82, 2.24) is 0 Å². The fraction of sp³-hybridized carbons (Fsp3) is 0.136. The van der Waals surface area contributed by atoms with Gasteiger partial charge in [-0.05, 0) is 55.0 Å². The van der Waals surface area contributed by atoms with Gasteiger partial charge in [-0.2, -0.15) is 0 Å². The first kappa shape index (κ1) is 21.0. The number of aryl methyl sites for hydroxylation is 1. The molecular formula is C22H19ClN2O5S. The highest BCUT2D eigenvalue weighted by atomic mass is 35.5. The Kier molecular flexibility index (Phi) is 5.75. The molecule has 0 saturated heterocycles. The molecule has 160 valence electrons. The molecule has 1 amide bonds. The van der Waals surface area contributed by atoms with E-state index in [-0.39, 0.29) is 15.5 Å². The summed E-state index contributed by atoms with van der Waals surface area (Å²) in [5, 5.41) is 2.74. The quantitative estimate of drug-likeness (QED) is 0.588. The zero-order valence-electron chi connectivity index (χ0n) is 16.5. The number of carbonyl (C=O) groups excluding carboxylic acids is 1. The highest BCUT2D eigenvalue weighted by Crippen LogP contribution is 2.33. The van der Waals surface area contributed by atoms with Gasteiger partial charge in [-0.3, -0.25) is 9.52 Å². The minimum atomic E-state index is -4.00. The van der Waals surface area contributed by atoms with Crippen LogP contribution in [0.5, 0.6) is 11.5 Å². The van der Waals surface area contributed by atoms with Crippen LogP contribution in [0.1, 0.15) is 15.9 Å². The highest BCUT2D eigenvalue weighted by molar-refractivity contribution is 7.92. The van der Waals surface area contributed by atoms with Crippen LogP contribution < -0.4 is 19.5 Å². The molecule has 0 radical (unpaired) electrons. The number of anilines is 2. The van der Waals surface area contributed by atoms with Crippen molar-refractivity contribution in [2.24, 2.45) is 0 Å². The Hall–Kier alpha value is -3.23. The molecule has 3 aromatic carbocycles. The highest BCUT2D eigenvalue weighted by Gasteiger charge is 2.21. The van der Waals surface area contributed by atoms with Crippen LogP contribution in [0.4, 0.5) is 11.4 Å². The second-order valence-corrected chi connectivity index (χ2v) is 8.99. The summed E-state index contributed by atoms with van der Waals surface area (Å²) in [6, 6.07) is 16.0. The van der Waals surface area contributed by atoms with Crippen molar-refractivity contribution >= 4 is 38.9 Å². The Bertz CT molecular complexity index is 1260. The molecule has 3 aromatic rings. The normalized spacial score (nSPS) is 12.8. The smallest absolute Gasteiger partial charge is 0.263 e. The summed E-state index contributed by atoms with van der Waals surface area (Å²) < 4.78 is 39.2. The molecule has 0 spiro atoms. The van der Waals surface area contributed by atoms with Crippen molar-refractivity contribution in [3.63, 3.8) is 0 Å². The van der Waals surface area contributed by atoms with Crippen molar-refractivity contribution in [2.75, 3.05) is 23.3 Å². The molecule has 9 heteroatoms. The van der Waals surface area contributed by atoms with Gasteiger partial charge in [0.15, 0.2) is 11.5 Å². The summed E-state index contributed by atoms with van der Waals surface area (Å²) in [4.78, 5) is 12.5. The second-order valence-electron chi connectivity index (χ2n) is 6.93. The van der Waals surface area contributed by atoms with E-state index < -0.39 is 15.9 Å². The lowest BCUT2D eigenvalue weighted by atomic mass is 10.2. The van der Waals surface area contributed by atoms with Crippen LogP contribution in [0.25, 0.3) is 0 Å². The molecule has 1 aliphatic rings. The number of amides is 1. The molecule has 7 nitrogen and oxygen atoms in total. The molecule has 0 fully saturated rings. The lowest BCUT2D eigenvalue weighted by Crippen LogP contribution is -2.17. The van der Waals surface area contributed by atoms with Gasteiger partial charge >= 0.3 is 0 Å². The molecule has 0 aromatic heterocycles. The molecule has 1 aliphatic heterocycles. The number of halogens is 1. The van der Waals surface area contributed by atoms with Crippen LogP contribution in [0.3, 0.4) is 0 Å². The molecule has 0 bridgehead atoms. The average molecular weight is 459 g/mol. The Morgan fingerprint density at radius 3 is 2.48 bits per heavy atom. The number of hydrogen-bond acceptors (Lipinski definition) is 5. The molecule has 0 aliphatic carbocycles. The standard InChI is InChI=1S/C22H19ClN2O5S/c1-14-3-2-4-17(11-14)25-31(27,28)21-12-15(5-7-18(21)23)22(26)24-16-6-8-19-20(13-16)30-10-9-29-19/h2-8,11-13,25H,9-10H2,1H3,(H,24,26). The maximum Gasteiger partial charge on any atom is 0.263 e. The van der Waals surface area contributed by atoms with Gasteiger partial charge in [-0.1, -0.05) is 23.7 Å². The Labute approximate surface area is 185 Å². The summed E-state index contributed by atoms with van der Waals surface area (Å²) in [7, 11) is -4.00. The van der Waals surface area contributed by atoms with E-state index in [1.807, 2.05) is 13.0 Å². The number of nitrogens with one attached hydrogen (secondary N) is 2. The van der Waals surface area contributed by atoms with Gasteiger partial charge in [-0.15, -0.1) is 0 Å². The van der Waals surface area contributed by atoms with Gasteiger partial charge in [0.2, 0.25) is 0 Å². The SMILES string of the molecule is Cc1cccc(NS(=O)(=O)c2cc(C(=O)Nc3ccc4c(c3)OCCO4)ccc2Cl)c1. The Morgan fingerprint density at radius 2 is 1.71 bits per heavy atom. The van der Waals surface area contributed by atoms with Crippen molar-refractivity contribution in [3.05, 3.63) is 76.8 Å². The van der Waals surface area contributed by atoms with E-state index in [9.17, 15) is 13.2 Å². The summed E-state index contributed by atoms with van der Waals surface area (Å²) in [6.07, 6.45) is 0. The number of carbonyl (C=O) groups is 1. The average Bonchev–Trinajstić information content (AvgIpc) is 2.73. The fourth-order valence-electron chi connectivity index (χ4n) is 3.09. The molecule has 4 rings (SSSR count). The minimum absolute atomic E-state index is 0.0102. The van der Waals surface area contributed by atoms with Crippen LogP contribution in [-0.4, -0.2) is 27.5 Å². The van der Waals surface area contributed by atoms with Crippen molar-refractivity contribution < 1.29 is 22.7 Å². The molecule has 2 N–H and O–H groups in total. The lowest BCUT2D eigenvalue weighted by molar-refractivity contribution is 0.102. The van der Waals surface area contributed by atoms with Crippen LogP contribution in [0.2, 0.25) is 5.02 Å². The Balaban J connectivity index is 1.57. The third-order valence-electron chi connectivity index (χ3n) is 4.55. The van der Waals surface area contributed by atoms with Crippen molar-refractivity contribution in [1.29, 1.82) is 0 Å². The maximum absolute atomic E-state index is 12.9. The fourth-order valence-corrected chi connectivity index (χ4v) is 4.67. The van der Waals surface area contributed by atoms with Crippen LogP contribution in [-0.2, 0) is 10.0 Å². The summed E-state index contributed by atoms with van der Waals surface area (Å²) in [5.41, 5.74) is 1.94. The van der Waals surface area contributed by atoms with Gasteiger partial charge in [0, 0.05) is 23.0 Å². The van der Waals surface area contributed by atoms with Gasteiger partial charge in [0.1, 0.15) is 18.1 Å². The predicted octanol–water partition coefficient (Wildman–Crippen LogP) is 4.47. The molecule has 0 saturated carbocycles. The number of rotatable bonds is 5. The molecule has 0 unspecified atom stereocenters. The first-order valence-corrected chi connectivity index (χ1v) is 11.3. The number of sulfonamides is 1. The Morgan fingerprint density at radius 1 is 0.935 bits per heavy atom. The lowest BCUT2D eigenvalue weighted by Gasteiger charge is -2.19. The van der Waals surface area contributed by atoms with Crippen LogP contribution in [0, 0.1) is 6.92 Å². The number of benzene rings is 3. The third kappa shape index (κ3) is 4.76. The number of hydrogen-bond donors (Lipinski definition) is 2. The number of ether oxygens (including phenoxy) is 2. The van der Waals surface area contributed by atoms with Gasteiger partial charge in [0.25, 0.3) is 15.9 Å². The third-order valence-corrected chi connectivity index (χ3v) is 6.42. The zero-order chi connectivity index (χ0) is 22.0. The molecule has 31 heavy (non-hydrogen) atoms. The van der Waals surface area contributed by atoms with E-state index >= 15 is 0 Å². The van der Waals surface area contributed by atoms with E-state index in [2.05, 4.69) is 10.0 Å². The monoisotopic (exact) mass is 458 g/mol. The topological polar surface area (TPSA) is 93.7 Å². The van der Waals surface area contributed by atoms with Gasteiger partial charge < -0.3 is 14.8 Å². The zero-order valence-corrected chi connectivity index (χ0v) is 18.1. The van der Waals surface area contributed by atoms with Gasteiger partial charge in [-0.25, -0.2) is 8.42 Å². The molecular weight excluding hydrogens is 440 g/mol. The van der Waals surface area contributed by atoms with E-state index in [1.54, 1.807) is 36.4 Å². The maximum atomic E-state index is 12.9. The van der Waals surface area contributed by atoms with Crippen molar-refractivity contribution in [2.45, 2.75) is 11.8 Å². The van der Waals surface area contributed by atoms with E-state index in [0.717, 1.165) is 5.56 Å². The van der Waals surface area contributed by atoms with Crippen LogP contribution in [0.15, 0.2) is 65.6 Å². The van der Waals surface area contributed by atoms with Crippen molar-refractivity contribution in [3.8, 4) is 11.5 Å². The summed E-state index contributed by atoms with van der Waals surface area (Å²) in [6.45, 7) is 2.75. The number of fused-ring (bicyclic) bond motifs is 1. The first-order chi connectivity index (χ1) is 14.8. The minimum Gasteiger partial charge on any atom is -0.486 e. The predicted molar refractivity (Wildman–Crippen MR) is 119 cm³/mol. The largest absolute Gasteiger partial charge is 0.486 e. The first-order valence-electron chi connectivity index (χ1n) is 9.42. The van der Waals surface area contributed by atoms with E-state index in [1.165, 1.54) is 18.2 Å². The molecule has 1 heterocycles. The van der Waals surface area contributed by atoms with E-state index in [0.29, 0.717) is 36.1 Å². The summed E-state index contributed by atoms with van der Waals surface area (Å²) in [5.74, 6) is 0.650. The molecule has 0 atom stereocenters. The van der Waals surface area contributed by atoms with Crippen LogP contribution >= 0.6 is 11.6 Å². The summed E-state index contributed by atoms with van der Waals surface area (Å²) >= 11 is 6.14. The second kappa shape index (κ2) is 8.49. The van der Waals surface area contributed by atoms with E-state index in [4.69, 9.17) is 21.1 Å².